The number of carbonyl (C=O) groups excluding carboxylic acids is 1. The first-order valence-corrected chi connectivity index (χ1v) is 7.44. The predicted octanol–water partition coefficient (Wildman–Crippen LogP) is 4.01. The summed E-state index contributed by atoms with van der Waals surface area (Å²) in [6.07, 6.45) is 1.41. The van der Waals surface area contributed by atoms with Crippen molar-refractivity contribution >= 4 is 23.6 Å². The fourth-order valence-electron chi connectivity index (χ4n) is 2.32. The van der Waals surface area contributed by atoms with Gasteiger partial charge in [0.25, 0.3) is 5.69 Å². The van der Waals surface area contributed by atoms with Crippen LogP contribution in [-0.2, 0) is 9.53 Å². The highest BCUT2D eigenvalue weighted by Gasteiger charge is 2.21. The minimum Gasteiger partial charge on any atom is -0.457 e. The lowest BCUT2D eigenvalue weighted by molar-refractivity contribution is -0.384. The molecule has 0 saturated carbocycles. The van der Waals surface area contributed by atoms with E-state index in [-0.39, 0.29) is 17.3 Å². The van der Waals surface area contributed by atoms with E-state index >= 15 is 0 Å². The van der Waals surface area contributed by atoms with Gasteiger partial charge < -0.3 is 9.47 Å². The van der Waals surface area contributed by atoms with Crippen molar-refractivity contribution in [2.75, 3.05) is 0 Å². The number of non-ortho nitro benzene ring substituents is 1. The third-order valence-corrected chi connectivity index (χ3v) is 3.44. The molecule has 2 aromatic carbocycles. The van der Waals surface area contributed by atoms with E-state index in [2.05, 4.69) is 4.99 Å². The number of esters is 1. The lowest BCUT2D eigenvalue weighted by Gasteiger charge is -2.09. The lowest BCUT2D eigenvalue weighted by atomic mass is 10.1. The number of benzene rings is 2. The van der Waals surface area contributed by atoms with Gasteiger partial charge in [-0.25, -0.2) is 9.79 Å². The average molecular weight is 338 g/mol. The Labute approximate surface area is 143 Å². The minimum atomic E-state index is -0.606. The number of aryl methyl sites for hydroxylation is 1. The fraction of sp³-hybridized carbons (Fsp3) is 0.111. The van der Waals surface area contributed by atoms with Crippen LogP contribution in [0.2, 0.25) is 0 Å². The summed E-state index contributed by atoms with van der Waals surface area (Å²) in [7, 11) is 0. The molecule has 0 spiro atoms. The molecule has 1 heterocycles. The van der Waals surface area contributed by atoms with E-state index in [4.69, 9.17) is 9.47 Å². The Hall–Kier alpha value is -3.48. The van der Waals surface area contributed by atoms with Crippen LogP contribution in [0.1, 0.15) is 18.1 Å². The summed E-state index contributed by atoms with van der Waals surface area (Å²) < 4.78 is 10.7. The van der Waals surface area contributed by atoms with Crippen molar-refractivity contribution in [3.63, 3.8) is 0 Å². The molecule has 25 heavy (non-hydrogen) atoms. The van der Waals surface area contributed by atoms with Gasteiger partial charge in [-0.3, -0.25) is 10.1 Å². The molecule has 0 aliphatic carbocycles. The van der Waals surface area contributed by atoms with Crippen LogP contribution < -0.4 is 4.74 Å². The van der Waals surface area contributed by atoms with Crippen molar-refractivity contribution < 1.29 is 19.2 Å². The molecule has 0 N–H and O–H groups in total. The van der Waals surface area contributed by atoms with E-state index in [9.17, 15) is 14.9 Å². The molecule has 3 rings (SSSR count). The summed E-state index contributed by atoms with van der Waals surface area (Å²) in [6.45, 7) is 3.48. The molecule has 0 aromatic heterocycles. The Kier molecular flexibility index (Phi) is 4.30. The van der Waals surface area contributed by atoms with Crippen LogP contribution >= 0.6 is 0 Å². The van der Waals surface area contributed by atoms with Gasteiger partial charge in [-0.15, -0.1) is 0 Å². The molecular weight excluding hydrogens is 324 g/mol. The zero-order valence-electron chi connectivity index (χ0n) is 13.6. The number of carbonyl (C=O) groups is 1. The predicted molar refractivity (Wildman–Crippen MR) is 91.5 cm³/mol. The third-order valence-electron chi connectivity index (χ3n) is 3.44. The van der Waals surface area contributed by atoms with Crippen molar-refractivity contribution in [1.82, 2.24) is 0 Å². The molecule has 1 aliphatic rings. The summed E-state index contributed by atoms with van der Waals surface area (Å²) in [5, 5.41) is 11.0. The maximum absolute atomic E-state index is 11.7. The van der Waals surface area contributed by atoms with Gasteiger partial charge >= 0.3 is 5.97 Å². The Morgan fingerprint density at radius 1 is 1.20 bits per heavy atom. The highest BCUT2D eigenvalue weighted by atomic mass is 16.6. The van der Waals surface area contributed by atoms with E-state index in [0.717, 1.165) is 5.56 Å². The third kappa shape index (κ3) is 3.72. The quantitative estimate of drug-likeness (QED) is 0.363. The van der Waals surface area contributed by atoms with Crippen LogP contribution in [0.5, 0.6) is 11.5 Å². The topological polar surface area (TPSA) is 91.0 Å². The molecule has 0 fully saturated rings. The molecule has 7 heteroatoms. The van der Waals surface area contributed by atoms with E-state index < -0.39 is 10.9 Å². The molecule has 0 bridgehead atoms. The van der Waals surface area contributed by atoms with Gasteiger partial charge in [0.15, 0.2) is 11.6 Å². The molecule has 0 saturated heterocycles. The number of nitro groups is 1. The molecule has 0 unspecified atom stereocenters. The first kappa shape index (κ1) is 16.4. The standard InChI is InChI=1S/C18H14N2O5/c1-11-4-3-5-15(8-11)25-17-7-6-14(20(22)23)9-13(17)10-16-18(21)24-12(2)19-16/h3-10H,1-2H3/b16-10-. The Balaban J connectivity index is 2.04. The van der Waals surface area contributed by atoms with Crippen molar-refractivity contribution in [3.8, 4) is 11.5 Å². The first-order chi connectivity index (χ1) is 11.9. The summed E-state index contributed by atoms with van der Waals surface area (Å²) in [6, 6.07) is 11.5. The van der Waals surface area contributed by atoms with Crippen LogP contribution in [0.15, 0.2) is 53.2 Å². The molecule has 1 aliphatic heterocycles. The summed E-state index contributed by atoms with van der Waals surface area (Å²) >= 11 is 0. The molecule has 2 aromatic rings. The van der Waals surface area contributed by atoms with Crippen LogP contribution in [0.25, 0.3) is 6.08 Å². The summed E-state index contributed by atoms with van der Waals surface area (Å²) in [4.78, 5) is 26.3. The van der Waals surface area contributed by atoms with Gasteiger partial charge in [0.1, 0.15) is 11.5 Å². The Bertz CT molecular complexity index is 931. The molecule has 0 radical (unpaired) electrons. The van der Waals surface area contributed by atoms with Crippen molar-refractivity contribution in [3.05, 3.63) is 69.4 Å². The zero-order valence-corrected chi connectivity index (χ0v) is 13.6. The van der Waals surface area contributed by atoms with Gasteiger partial charge in [0.2, 0.25) is 0 Å². The number of nitrogens with zero attached hydrogens (tertiary/aromatic N) is 2. The second-order valence-corrected chi connectivity index (χ2v) is 5.45. The first-order valence-electron chi connectivity index (χ1n) is 7.44. The summed E-state index contributed by atoms with van der Waals surface area (Å²) in [5.41, 5.74) is 1.32. The maximum atomic E-state index is 11.7. The van der Waals surface area contributed by atoms with Crippen molar-refractivity contribution in [2.24, 2.45) is 4.99 Å². The molecule has 0 amide bonds. The van der Waals surface area contributed by atoms with Gasteiger partial charge in [0.05, 0.1) is 4.92 Å². The normalized spacial score (nSPS) is 15.0. The smallest absolute Gasteiger partial charge is 0.363 e. The van der Waals surface area contributed by atoms with Crippen molar-refractivity contribution in [2.45, 2.75) is 13.8 Å². The molecule has 0 atom stereocenters. The van der Waals surface area contributed by atoms with Gasteiger partial charge in [-0.2, -0.15) is 0 Å². The van der Waals surface area contributed by atoms with Gasteiger partial charge in [-0.05, 0) is 36.8 Å². The number of aliphatic imine (C=N–C) groups is 1. The number of cyclic esters (lactones) is 1. The monoisotopic (exact) mass is 338 g/mol. The number of nitro benzene ring substituents is 1. The number of hydrogen-bond acceptors (Lipinski definition) is 6. The van der Waals surface area contributed by atoms with Gasteiger partial charge in [-0.1, -0.05) is 12.1 Å². The average Bonchev–Trinajstić information content (AvgIpc) is 2.86. The summed E-state index contributed by atoms with van der Waals surface area (Å²) in [5.74, 6) is 0.576. The van der Waals surface area contributed by atoms with E-state index in [1.54, 1.807) is 13.0 Å². The van der Waals surface area contributed by atoms with E-state index in [1.165, 1.54) is 24.3 Å². The second kappa shape index (κ2) is 6.56. The van der Waals surface area contributed by atoms with E-state index in [0.29, 0.717) is 17.1 Å². The number of rotatable bonds is 4. The molecule has 7 nitrogen and oxygen atoms in total. The largest absolute Gasteiger partial charge is 0.457 e. The highest BCUT2D eigenvalue weighted by Crippen LogP contribution is 2.31. The van der Waals surface area contributed by atoms with Crippen LogP contribution in [0.4, 0.5) is 5.69 Å². The van der Waals surface area contributed by atoms with Crippen LogP contribution in [0, 0.1) is 17.0 Å². The maximum Gasteiger partial charge on any atom is 0.363 e. The van der Waals surface area contributed by atoms with Gasteiger partial charge in [0, 0.05) is 24.6 Å². The SMILES string of the molecule is CC1=N/C(=C\c2cc([N+](=O)[O-])ccc2Oc2cccc(C)c2)C(=O)O1. The van der Waals surface area contributed by atoms with Crippen molar-refractivity contribution in [1.29, 1.82) is 0 Å². The Morgan fingerprint density at radius 3 is 2.64 bits per heavy atom. The molecule has 126 valence electrons. The Morgan fingerprint density at radius 2 is 2.00 bits per heavy atom. The molecular formula is C18H14N2O5. The highest BCUT2D eigenvalue weighted by molar-refractivity contribution is 6.06. The number of hydrogen-bond donors (Lipinski definition) is 0. The minimum absolute atomic E-state index is 0.0621. The van der Waals surface area contributed by atoms with Crippen LogP contribution in [-0.4, -0.2) is 16.8 Å². The lowest BCUT2D eigenvalue weighted by Crippen LogP contribution is -2.00. The van der Waals surface area contributed by atoms with Crippen LogP contribution in [0.3, 0.4) is 0 Å². The number of ether oxygens (including phenoxy) is 2. The second-order valence-electron chi connectivity index (χ2n) is 5.45. The van der Waals surface area contributed by atoms with E-state index in [1.807, 2.05) is 25.1 Å². The zero-order chi connectivity index (χ0) is 18.0. The fourth-order valence-corrected chi connectivity index (χ4v) is 2.32.